The van der Waals surface area contributed by atoms with Crippen LogP contribution in [0.2, 0.25) is 0 Å². The minimum atomic E-state index is 0. The van der Waals surface area contributed by atoms with Gasteiger partial charge in [-0.3, -0.25) is 0 Å². The Morgan fingerprint density at radius 1 is 1.75 bits per heavy atom. The molecule has 2 heteroatoms. The average Bonchev–Trinajstić information content (AvgIpc) is 0.918. The van der Waals surface area contributed by atoms with Gasteiger partial charge in [0.1, 0.15) is 0 Å². The molecule has 0 radical (unpaired) electrons. The zero-order valence-electron chi connectivity index (χ0n) is 2.07. The summed E-state index contributed by atoms with van der Waals surface area (Å²) in [6, 6.07) is 0. The molecule has 0 aromatic carbocycles. The maximum Gasteiger partial charge on any atom is -0.147 e. The van der Waals surface area contributed by atoms with E-state index in [1.807, 2.05) is 0 Å². The predicted octanol–water partition coefficient (Wildman–Crippen LogP) is 1.10. The van der Waals surface area contributed by atoms with Crippen molar-refractivity contribution in [3.63, 3.8) is 0 Å². The second-order valence-corrected chi connectivity index (χ2v) is 1.14. The van der Waals surface area contributed by atoms with Crippen molar-refractivity contribution >= 4 is 12.4 Å². The third-order valence-corrected chi connectivity index (χ3v) is 0. The van der Waals surface area contributed by atoms with Crippen molar-refractivity contribution in [1.82, 2.24) is 0 Å². The van der Waals surface area contributed by atoms with Crippen LogP contribution in [0.3, 0.4) is 0 Å². The minimum Gasteiger partial charge on any atom is -0.147 e. The normalized spacial score (nSPS) is 3.25. The Bertz CT molecular complexity index is 13.5. The van der Waals surface area contributed by atoms with Crippen LogP contribution in [0, 0.1) is 47.0 Å². The number of rotatable bonds is 0. The molecule has 0 fully saturated rings. The molecular formula is C2H4ClEu. The van der Waals surface area contributed by atoms with E-state index in [-0.39, 0.29) is 12.4 Å². The van der Waals surface area contributed by atoms with E-state index < -0.39 is 0 Å². The summed E-state index contributed by atoms with van der Waals surface area (Å²) in [5.41, 5.74) is 0. The fourth-order valence-electron chi connectivity index (χ4n) is 0. The summed E-state index contributed by atoms with van der Waals surface area (Å²) in [6.07, 6.45) is 0. The first-order valence-corrected chi connectivity index (χ1v) is 2.03. The topological polar surface area (TPSA) is 0 Å². The van der Waals surface area contributed by atoms with Crippen LogP contribution in [0.5, 0.6) is 0 Å². The van der Waals surface area contributed by atoms with Gasteiger partial charge in [0.2, 0.25) is 0 Å². The van der Waals surface area contributed by atoms with Crippen molar-refractivity contribution in [3.8, 4) is 0 Å². The molecule has 0 rings (SSSR count). The fourth-order valence-corrected chi connectivity index (χ4v) is 0. The zero-order valence-corrected chi connectivity index (χ0v) is 5.31. The summed E-state index contributed by atoms with van der Waals surface area (Å²) in [5, 5.41) is 0. The van der Waals surface area contributed by atoms with Crippen LogP contribution in [0.4, 0.5) is 0 Å². The summed E-state index contributed by atoms with van der Waals surface area (Å²) in [7, 11) is 0. The van der Waals surface area contributed by atoms with E-state index in [4.69, 9.17) is 0 Å². The van der Waals surface area contributed by atoms with Gasteiger partial charge >= 0.3 is 54.1 Å². The molecule has 26 valence electrons. The summed E-state index contributed by atoms with van der Waals surface area (Å²) < 4.78 is 1.81. The molecule has 0 aliphatic rings. The molecule has 0 aromatic rings. The van der Waals surface area contributed by atoms with Gasteiger partial charge < -0.3 is 0 Å². The molecule has 0 saturated heterocycles. The standard InChI is InChI=1S/C2H3.ClH.Eu/c1-2;;/h1H,2H2;1H;. The van der Waals surface area contributed by atoms with Crippen molar-refractivity contribution < 1.29 is 47.0 Å². The minimum absolute atomic E-state index is 0. The number of hydrogen-bond donors (Lipinski definition) is 0. The van der Waals surface area contributed by atoms with Crippen molar-refractivity contribution in [2.24, 2.45) is 0 Å². The van der Waals surface area contributed by atoms with E-state index in [0.29, 0.717) is 0 Å². The molecule has 0 saturated carbocycles. The molecule has 0 nitrogen and oxygen atoms in total. The Kier molecular flexibility index (Phi) is 20.2. The molecule has 0 heterocycles. The second-order valence-electron chi connectivity index (χ2n) is 0.154. The summed E-state index contributed by atoms with van der Waals surface area (Å²) in [5.74, 6) is 0. The Balaban J connectivity index is 0. The Labute approximate surface area is 65.1 Å². The maximum absolute atomic E-state index is 3.39. The molecule has 0 aliphatic heterocycles. The van der Waals surface area contributed by atoms with E-state index >= 15 is 0 Å². The molecule has 0 aromatic heterocycles. The molecule has 0 N–H and O–H groups in total. The van der Waals surface area contributed by atoms with Gasteiger partial charge in [0, 0.05) is 0 Å². The van der Waals surface area contributed by atoms with Gasteiger partial charge in [-0.1, -0.05) is 0 Å². The Morgan fingerprint density at radius 2 is 1.75 bits per heavy atom. The van der Waals surface area contributed by atoms with Crippen molar-refractivity contribution in [1.29, 1.82) is 0 Å². The van der Waals surface area contributed by atoms with E-state index in [2.05, 4.69) is 6.58 Å². The summed E-state index contributed by atoms with van der Waals surface area (Å²) in [6.45, 7) is 3.39. The van der Waals surface area contributed by atoms with Crippen LogP contribution in [0.15, 0.2) is 7.05 Å². The van der Waals surface area contributed by atoms with Crippen LogP contribution in [-0.4, -0.2) is 0 Å². The fraction of sp³-hybridized carbons (Fsp3) is 0. The Morgan fingerprint density at radius 3 is 1.75 bits per heavy atom. The van der Waals surface area contributed by atoms with Crippen LogP contribution < -0.4 is 0 Å². The molecule has 4 heavy (non-hydrogen) atoms. The van der Waals surface area contributed by atoms with Gasteiger partial charge in [-0.25, -0.2) is 0 Å². The molecule has 0 unspecified atom stereocenters. The van der Waals surface area contributed by atoms with Gasteiger partial charge in [-0.2, -0.15) is 0 Å². The van der Waals surface area contributed by atoms with Crippen molar-refractivity contribution in [3.05, 3.63) is 7.05 Å². The third-order valence-electron chi connectivity index (χ3n) is 0. The summed E-state index contributed by atoms with van der Waals surface area (Å²) >= 11 is 1.59. The average molecular weight is 215 g/mol. The molecule has 0 aliphatic carbocycles. The first-order valence-electron chi connectivity index (χ1n) is 0.626. The van der Waals surface area contributed by atoms with E-state index in [9.17, 15) is 0 Å². The second kappa shape index (κ2) is 8.82. The molecule has 0 amide bonds. The van der Waals surface area contributed by atoms with Gasteiger partial charge in [0.15, 0.2) is 0 Å². The largest absolute Gasteiger partial charge is 0.147 e. The number of hydrogen-bond acceptors (Lipinski definition) is 0. The molecule has 0 spiro atoms. The van der Waals surface area contributed by atoms with Gasteiger partial charge in [0.25, 0.3) is 0 Å². The van der Waals surface area contributed by atoms with Crippen molar-refractivity contribution in [2.75, 3.05) is 0 Å². The monoisotopic (exact) mass is 216 g/mol. The van der Waals surface area contributed by atoms with Crippen LogP contribution in [0.1, 0.15) is 0 Å². The molecule has 0 atom stereocenters. The van der Waals surface area contributed by atoms with Crippen LogP contribution >= 0.6 is 12.4 Å². The quantitative estimate of drug-likeness (QED) is 0.568. The van der Waals surface area contributed by atoms with Gasteiger partial charge in [0.05, 0.1) is 0 Å². The predicted molar refractivity (Wildman–Crippen MR) is 17.4 cm³/mol. The van der Waals surface area contributed by atoms with Crippen LogP contribution in [0.25, 0.3) is 0 Å². The third kappa shape index (κ3) is 9.48. The maximum atomic E-state index is 3.39. The molecule has 0 bridgehead atoms. The van der Waals surface area contributed by atoms with E-state index in [1.165, 1.54) is 0 Å². The first kappa shape index (κ1) is 9.15. The first-order chi connectivity index (χ1) is 1.41. The smallest absolute Gasteiger partial charge is 0.147 e. The van der Waals surface area contributed by atoms with Crippen molar-refractivity contribution in [2.45, 2.75) is 0 Å². The van der Waals surface area contributed by atoms with Crippen LogP contribution in [-0.2, 0) is 0 Å². The molecular weight excluding hydrogens is 211 g/mol. The van der Waals surface area contributed by atoms with E-state index in [0.717, 1.165) is 0 Å². The number of halogens is 1. The summed E-state index contributed by atoms with van der Waals surface area (Å²) in [4.78, 5) is 0. The zero-order chi connectivity index (χ0) is 2.71. The van der Waals surface area contributed by atoms with Gasteiger partial charge in [-0.15, -0.1) is 12.4 Å². The Hall–Kier alpha value is 1.61. The van der Waals surface area contributed by atoms with Gasteiger partial charge in [-0.05, 0) is 0 Å². The van der Waals surface area contributed by atoms with E-state index in [1.54, 1.807) is 47.5 Å². The SMILES string of the molecule is C=[CH][Eu].Cl.